The normalized spacial score (nSPS) is 21.0. The number of nitro groups is 1. The first-order valence-corrected chi connectivity index (χ1v) is 11.7. The van der Waals surface area contributed by atoms with Gasteiger partial charge >= 0.3 is 0 Å². The Morgan fingerprint density at radius 2 is 1.90 bits per heavy atom. The van der Waals surface area contributed by atoms with Gasteiger partial charge in [-0.25, -0.2) is 20.4 Å². The number of aliphatic hydroxyl groups is 3. The van der Waals surface area contributed by atoms with Gasteiger partial charge in [-0.05, 0) is 47.5 Å². The van der Waals surface area contributed by atoms with Gasteiger partial charge in [-0.1, -0.05) is 0 Å². The van der Waals surface area contributed by atoms with E-state index < -0.39 is 36.1 Å². The molecule has 39 heavy (non-hydrogen) atoms. The maximum absolute atomic E-state index is 10.8. The largest absolute Gasteiger partial charge is 0.489 e. The highest BCUT2D eigenvalue weighted by molar-refractivity contribution is 5.84. The van der Waals surface area contributed by atoms with Crippen LogP contribution in [-0.2, 0) is 11.3 Å². The number of nitro benzene ring substituents is 1. The van der Waals surface area contributed by atoms with Crippen LogP contribution in [0.15, 0.2) is 60.0 Å². The molecule has 3 heterocycles. The number of benzene rings is 2. The number of aromatic nitrogens is 4. The molecule has 0 amide bonds. The summed E-state index contributed by atoms with van der Waals surface area (Å²) in [6.45, 7) is -0.247. The number of hydrogen-bond acceptors (Lipinski definition) is 13. The van der Waals surface area contributed by atoms with Gasteiger partial charge in [0, 0.05) is 12.1 Å². The zero-order valence-corrected chi connectivity index (χ0v) is 20.2. The smallest absolute Gasteiger partial charge is 0.269 e. The molecule has 2 aromatic heterocycles. The van der Waals surface area contributed by atoms with Gasteiger partial charge in [0.2, 0.25) is 5.95 Å². The van der Waals surface area contributed by atoms with Gasteiger partial charge < -0.3 is 30.5 Å². The third-order valence-electron chi connectivity index (χ3n) is 6.09. The molecule has 15 nitrogen and oxygen atoms in total. The average molecular weight is 537 g/mol. The minimum atomic E-state index is -1.38. The van der Waals surface area contributed by atoms with Crippen molar-refractivity contribution in [2.24, 2.45) is 5.10 Å². The number of rotatable bonds is 9. The van der Waals surface area contributed by atoms with Gasteiger partial charge in [-0.15, -0.1) is 0 Å². The molecule has 0 bridgehead atoms. The van der Waals surface area contributed by atoms with Gasteiger partial charge in [-0.2, -0.15) is 5.10 Å². The number of ether oxygens (including phenoxy) is 2. The van der Waals surface area contributed by atoms with Crippen LogP contribution >= 0.6 is 0 Å². The number of imidazole rings is 1. The van der Waals surface area contributed by atoms with Crippen molar-refractivity contribution in [3.05, 3.63) is 76.1 Å². The first kappa shape index (κ1) is 25.9. The fourth-order valence-corrected chi connectivity index (χ4v) is 4.03. The summed E-state index contributed by atoms with van der Waals surface area (Å²) in [5.41, 5.74) is 10.7. The lowest BCUT2D eigenvalue weighted by Crippen LogP contribution is -2.33. The van der Waals surface area contributed by atoms with Crippen LogP contribution in [0.2, 0.25) is 0 Å². The highest BCUT2D eigenvalue weighted by Gasteiger charge is 2.45. The fourth-order valence-electron chi connectivity index (χ4n) is 4.03. The van der Waals surface area contributed by atoms with Gasteiger partial charge in [-0.3, -0.25) is 14.7 Å². The molecule has 1 saturated heterocycles. The average Bonchev–Trinajstić information content (AvgIpc) is 3.45. The van der Waals surface area contributed by atoms with Crippen molar-refractivity contribution < 1.29 is 29.7 Å². The number of fused-ring (bicyclic) bond motifs is 1. The molecule has 1 aliphatic heterocycles. The summed E-state index contributed by atoms with van der Waals surface area (Å²) in [6.07, 6.45) is -2.07. The SMILES string of the molecule is Nc1ncnc2c1nc(N/N=C/c1ccc(OCc3ccc([N+](=O)[O-])cc3)cc1)n2[C@@H]1O[C@H](CO)[C@@H](O)[C@H]1O. The van der Waals surface area contributed by atoms with E-state index in [1.54, 1.807) is 36.4 Å². The van der Waals surface area contributed by atoms with Crippen molar-refractivity contribution in [2.45, 2.75) is 31.1 Å². The summed E-state index contributed by atoms with van der Waals surface area (Å²) in [6, 6.07) is 13.2. The van der Waals surface area contributed by atoms with Crippen LogP contribution in [0.3, 0.4) is 0 Å². The molecule has 0 spiro atoms. The monoisotopic (exact) mass is 536 g/mol. The number of nitrogens with one attached hydrogen (secondary N) is 1. The number of anilines is 2. The molecule has 4 aromatic rings. The first-order valence-electron chi connectivity index (χ1n) is 11.7. The highest BCUT2D eigenvalue weighted by atomic mass is 16.6. The second-order valence-corrected chi connectivity index (χ2v) is 8.62. The molecule has 0 saturated carbocycles. The number of hydrazone groups is 1. The lowest BCUT2D eigenvalue weighted by Gasteiger charge is -2.18. The maximum Gasteiger partial charge on any atom is 0.269 e. The summed E-state index contributed by atoms with van der Waals surface area (Å²) in [7, 11) is 0. The van der Waals surface area contributed by atoms with Crippen LogP contribution in [-0.4, -0.2) is 70.9 Å². The molecule has 1 aliphatic rings. The van der Waals surface area contributed by atoms with Crippen LogP contribution in [0.1, 0.15) is 17.4 Å². The Morgan fingerprint density at radius 1 is 1.15 bits per heavy atom. The maximum atomic E-state index is 10.8. The number of nitrogens with zero attached hydrogens (tertiary/aromatic N) is 6. The summed E-state index contributed by atoms with van der Waals surface area (Å²) in [4.78, 5) is 22.8. The fraction of sp³-hybridized carbons (Fsp3) is 0.250. The van der Waals surface area contributed by atoms with Crippen molar-refractivity contribution in [1.29, 1.82) is 0 Å². The van der Waals surface area contributed by atoms with E-state index in [0.29, 0.717) is 5.75 Å². The standard InChI is InChI=1S/C24H24N8O7/c25-21-18-22(27-12-26-21)31(23-20(35)19(34)17(10-33)39-23)24(29-18)30-28-9-13-3-7-16(8-4-13)38-11-14-1-5-15(6-2-14)32(36)37/h1-9,12,17,19-20,23,33-35H,10-11H2,(H,29,30)(H2,25,26,27)/b28-9+/t17-,19-,20-,23-/m1/s1. The minimum absolute atomic E-state index is 0.0156. The zero-order valence-electron chi connectivity index (χ0n) is 20.2. The predicted octanol–water partition coefficient (Wildman–Crippen LogP) is 0.953. The highest BCUT2D eigenvalue weighted by Crippen LogP contribution is 2.35. The van der Waals surface area contributed by atoms with Crippen molar-refractivity contribution in [3.8, 4) is 5.75 Å². The molecule has 0 radical (unpaired) electrons. The van der Waals surface area contributed by atoms with E-state index in [2.05, 4.69) is 25.5 Å². The minimum Gasteiger partial charge on any atom is -0.489 e. The Hall–Kier alpha value is -4.70. The summed E-state index contributed by atoms with van der Waals surface area (Å²) >= 11 is 0. The predicted molar refractivity (Wildman–Crippen MR) is 138 cm³/mol. The van der Waals surface area contributed by atoms with Crippen LogP contribution in [0.4, 0.5) is 17.5 Å². The Labute approximate surface area is 220 Å². The number of hydrogen-bond donors (Lipinski definition) is 5. The molecule has 15 heteroatoms. The van der Waals surface area contributed by atoms with Gasteiger partial charge in [0.1, 0.15) is 37.0 Å². The number of aliphatic hydroxyl groups excluding tert-OH is 3. The molecule has 0 unspecified atom stereocenters. The van der Waals surface area contributed by atoms with E-state index in [1.165, 1.54) is 29.2 Å². The van der Waals surface area contributed by atoms with E-state index in [0.717, 1.165) is 11.1 Å². The number of nitrogen functional groups attached to an aromatic ring is 1. The van der Waals surface area contributed by atoms with Crippen molar-refractivity contribution in [3.63, 3.8) is 0 Å². The van der Waals surface area contributed by atoms with Crippen LogP contribution in [0, 0.1) is 10.1 Å². The lowest BCUT2D eigenvalue weighted by molar-refractivity contribution is -0.384. The Balaban J connectivity index is 1.28. The van der Waals surface area contributed by atoms with E-state index in [1.807, 2.05) is 0 Å². The van der Waals surface area contributed by atoms with E-state index in [-0.39, 0.29) is 35.2 Å². The van der Waals surface area contributed by atoms with Gasteiger partial charge in [0.15, 0.2) is 23.2 Å². The summed E-state index contributed by atoms with van der Waals surface area (Å²) in [5, 5.41) is 45.2. The van der Waals surface area contributed by atoms with E-state index in [9.17, 15) is 25.4 Å². The molecule has 0 aliphatic carbocycles. The van der Waals surface area contributed by atoms with Crippen LogP contribution in [0.25, 0.3) is 11.2 Å². The van der Waals surface area contributed by atoms with Crippen LogP contribution in [0.5, 0.6) is 5.75 Å². The second kappa shape index (κ2) is 11.0. The molecule has 6 N–H and O–H groups in total. The second-order valence-electron chi connectivity index (χ2n) is 8.62. The van der Waals surface area contributed by atoms with Crippen LogP contribution < -0.4 is 15.9 Å². The Bertz CT molecular complexity index is 1490. The summed E-state index contributed by atoms with van der Waals surface area (Å²) < 4.78 is 12.8. The first-order chi connectivity index (χ1) is 18.9. The molecule has 5 rings (SSSR count). The number of nitrogens with two attached hydrogens (primary N) is 1. The van der Waals surface area contributed by atoms with Gasteiger partial charge in [0.05, 0.1) is 17.7 Å². The topological polar surface area (TPSA) is 216 Å². The Kier molecular flexibility index (Phi) is 7.29. The molecule has 2 aromatic carbocycles. The summed E-state index contributed by atoms with van der Waals surface area (Å²) in [5.74, 6) is 0.812. The lowest BCUT2D eigenvalue weighted by atomic mass is 10.1. The molecule has 202 valence electrons. The van der Waals surface area contributed by atoms with Crippen molar-refractivity contribution in [1.82, 2.24) is 19.5 Å². The molecule has 1 fully saturated rings. The van der Waals surface area contributed by atoms with Gasteiger partial charge in [0.25, 0.3) is 5.69 Å². The van der Waals surface area contributed by atoms with Crippen molar-refractivity contribution in [2.75, 3.05) is 17.8 Å². The number of non-ortho nitro benzene ring substituents is 1. The zero-order chi connectivity index (χ0) is 27.5. The molecule has 4 atom stereocenters. The van der Waals surface area contributed by atoms with E-state index >= 15 is 0 Å². The quantitative estimate of drug-likeness (QED) is 0.115. The molecular formula is C24H24N8O7. The Morgan fingerprint density at radius 3 is 2.56 bits per heavy atom. The molecular weight excluding hydrogens is 512 g/mol. The third-order valence-corrected chi connectivity index (χ3v) is 6.09. The van der Waals surface area contributed by atoms with Crippen molar-refractivity contribution >= 4 is 34.8 Å². The third kappa shape index (κ3) is 5.32. The van der Waals surface area contributed by atoms with E-state index in [4.69, 9.17) is 15.2 Å².